The van der Waals surface area contributed by atoms with Crippen molar-refractivity contribution in [2.45, 2.75) is 0 Å². The van der Waals surface area contributed by atoms with E-state index in [1.54, 1.807) is 24.3 Å². The number of phenols is 1. The van der Waals surface area contributed by atoms with Gasteiger partial charge in [0.2, 0.25) is 0 Å². The summed E-state index contributed by atoms with van der Waals surface area (Å²) >= 11 is 3.31. The van der Waals surface area contributed by atoms with Crippen LogP contribution >= 0.6 is 15.9 Å². The van der Waals surface area contributed by atoms with Crippen LogP contribution < -0.4 is 10.6 Å². The molecule has 2 amide bonds. The van der Waals surface area contributed by atoms with Gasteiger partial charge in [0, 0.05) is 28.7 Å². The topological polar surface area (TPSA) is 78.4 Å². The summed E-state index contributed by atoms with van der Waals surface area (Å²) in [4.78, 5) is 23.6. The average molecular weight is 363 g/mol. The summed E-state index contributed by atoms with van der Waals surface area (Å²) in [7, 11) is 0. The molecule has 0 radical (unpaired) electrons. The molecular weight excluding hydrogens is 348 g/mol. The number of nitrogens with one attached hydrogen (secondary N) is 2. The Bertz CT molecular complexity index is 595. The van der Waals surface area contributed by atoms with Gasteiger partial charge in [-0.05, 0) is 48.5 Å². The van der Waals surface area contributed by atoms with Crippen LogP contribution in [0.4, 0.5) is 0 Å². The second-order valence-corrected chi connectivity index (χ2v) is 5.48. The Morgan fingerprint density at radius 1 is 0.818 bits per heavy atom. The fourth-order valence-corrected chi connectivity index (χ4v) is 2.03. The zero-order chi connectivity index (χ0) is 15.9. The van der Waals surface area contributed by atoms with Gasteiger partial charge in [-0.15, -0.1) is 0 Å². The van der Waals surface area contributed by atoms with Crippen LogP contribution in [0, 0.1) is 0 Å². The maximum atomic E-state index is 11.8. The summed E-state index contributed by atoms with van der Waals surface area (Å²) < 4.78 is 0.908. The van der Waals surface area contributed by atoms with Crippen molar-refractivity contribution in [3.8, 4) is 5.75 Å². The average Bonchev–Trinajstić information content (AvgIpc) is 2.52. The fraction of sp³-hybridized carbons (Fsp3) is 0.125. The van der Waals surface area contributed by atoms with Crippen LogP contribution in [0.1, 0.15) is 20.7 Å². The van der Waals surface area contributed by atoms with Crippen molar-refractivity contribution in [1.29, 1.82) is 0 Å². The number of aromatic hydroxyl groups is 1. The molecule has 0 atom stereocenters. The summed E-state index contributed by atoms with van der Waals surface area (Å²) in [6, 6.07) is 13.0. The lowest BCUT2D eigenvalue weighted by atomic mass is 10.2. The molecule has 6 heteroatoms. The van der Waals surface area contributed by atoms with E-state index in [4.69, 9.17) is 5.11 Å². The van der Waals surface area contributed by atoms with Crippen LogP contribution in [-0.2, 0) is 0 Å². The summed E-state index contributed by atoms with van der Waals surface area (Å²) in [6.07, 6.45) is 0. The Morgan fingerprint density at radius 3 is 1.68 bits per heavy atom. The SMILES string of the molecule is O=C(NCCNC(=O)c1ccc(Br)cc1)c1ccc(O)cc1. The molecule has 0 aliphatic rings. The molecular formula is C16H15BrN2O3. The molecule has 0 aromatic heterocycles. The number of halogens is 1. The van der Waals surface area contributed by atoms with Crippen molar-refractivity contribution in [2.75, 3.05) is 13.1 Å². The van der Waals surface area contributed by atoms with Gasteiger partial charge in [0.25, 0.3) is 11.8 Å². The van der Waals surface area contributed by atoms with E-state index in [1.165, 1.54) is 24.3 Å². The maximum absolute atomic E-state index is 11.8. The summed E-state index contributed by atoms with van der Waals surface area (Å²) in [6.45, 7) is 0.653. The van der Waals surface area contributed by atoms with Crippen LogP contribution in [0.15, 0.2) is 53.0 Å². The Hall–Kier alpha value is -2.34. The first-order chi connectivity index (χ1) is 10.6. The minimum atomic E-state index is -0.252. The molecule has 0 heterocycles. The molecule has 0 fully saturated rings. The van der Waals surface area contributed by atoms with Gasteiger partial charge in [-0.2, -0.15) is 0 Å². The first-order valence-electron chi connectivity index (χ1n) is 6.67. The molecule has 0 saturated heterocycles. The highest BCUT2D eigenvalue weighted by Gasteiger charge is 2.06. The first kappa shape index (κ1) is 16.0. The van der Waals surface area contributed by atoms with Gasteiger partial charge in [0.1, 0.15) is 5.75 Å². The minimum absolute atomic E-state index is 0.110. The number of carbonyl (C=O) groups excluding carboxylic acids is 2. The van der Waals surface area contributed by atoms with Crippen molar-refractivity contribution >= 4 is 27.7 Å². The van der Waals surface area contributed by atoms with Gasteiger partial charge in [-0.3, -0.25) is 9.59 Å². The molecule has 0 saturated carbocycles. The Labute approximate surface area is 136 Å². The van der Waals surface area contributed by atoms with E-state index in [-0.39, 0.29) is 17.6 Å². The number of carbonyl (C=O) groups is 2. The molecule has 0 unspecified atom stereocenters. The largest absolute Gasteiger partial charge is 0.508 e. The molecule has 0 bridgehead atoms. The van der Waals surface area contributed by atoms with Gasteiger partial charge in [-0.1, -0.05) is 15.9 Å². The summed E-state index contributed by atoms with van der Waals surface area (Å²) in [5.74, 6) is -0.331. The van der Waals surface area contributed by atoms with E-state index in [0.717, 1.165) is 4.47 Å². The standard InChI is InChI=1S/C16H15BrN2O3/c17-13-5-1-11(2-6-13)15(21)18-9-10-19-16(22)12-3-7-14(20)8-4-12/h1-8,20H,9-10H2,(H,18,21)(H,19,22). The zero-order valence-electron chi connectivity index (χ0n) is 11.7. The van der Waals surface area contributed by atoms with E-state index in [9.17, 15) is 9.59 Å². The molecule has 0 aliphatic heterocycles. The quantitative estimate of drug-likeness (QED) is 0.714. The number of rotatable bonds is 5. The number of benzene rings is 2. The third kappa shape index (κ3) is 4.60. The van der Waals surface area contributed by atoms with Crippen LogP contribution in [0.5, 0.6) is 5.75 Å². The van der Waals surface area contributed by atoms with E-state index in [0.29, 0.717) is 24.2 Å². The lowest BCUT2D eigenvalue weighted by Crippen LogP contribution is -2.34. The molecule has 114 valence electrons. The van der Waals surface area contributed by atoms with Gasteiger partial charge in [0.15, 0.2) is 0 Å². The number of amides is 2. The summed E-state index contributed by atoms with van der Waals surface area (Å²) in [5, 5.41) is 14.6. The van der Waals surface area contributed by atoms with Gasteiger partial charge >= 0.3 is 0 Å². The van der Waals surface area contributed by atoms with Crippen LogP contribution in [0.2, 0.25) is 0 Å². The van der Waals surface area contributed by atoms with Gasteiger partial charge in [-0.25, -0.2) is 0 Å². The van der Waals surface area contributed by atoms with Crippen molar-refractivity contribution in [1.82, 2.24) is 10.6 Å². The summed E-state index contributed by atoms with van der Waals surface area (Å²) in [5.41, 5.74) is 1.02. The number of hydrogen-bond acceptors (Lipinski definition) is 3. The number of phenolic OH excluding ortho intramolecular Hbond substituents is 1. The van der Waals surface area contributed by atoms with E-state index in [2.05, 4.69) is 26.6 Å². The normalized spacial score (nSPS) is 10.0. The highest BCUT2D eigenvalue weighted by molar-refractivity contribution is 9.10. The molecule has 22 heavy (non-hydrogen) atoms. The molecule has 2 rings (SSSR count). The van der Waals surface area contributed by atoms with E-state index in [1.807, 2.05) is 0 Å². The predicted molar refractivity (Wildman–Crippen MR) is 86.9 cm³/mol. The monoisotopic (exact) mass is 362 g/mol. The second-order valence-electron chi connectivity index (χ2n) is 4.57. The molecule has 5 nitrogen and oxygen atoms in total. The smallest absolute Gasteiger partial charge is 0.251 e. The third-order valence-electron chi connectivity index (χ3n) is 2.93. The van der Waals surface area contributed by atoms with Crippen molar-refractivity contribution in [3.05, 3.63) is 64.1 Å². The Morgan fingerprint density at radius 2 is 1.23 bits per heavy atom. The highest BCUT2D eigenvalue weighted by Crippen LogP contribution is 2.10. The number of hydrogen-bond donors (Lipinski definition) is 3. The van der Waals surface area contributed by atoms with Gasteiger partial charge < -0.3 is 15.7 Å². The fourth-order valence-electron chi connectivity index (χ4n) is 1.77. The zero-order valence-corrected chi connectivity index (χ0v) is 13.3. The molecule has 2 aromatic carbocycles. The van der Waals surface area contributed by atoms with Crippen LogP contribution in [0.25, 0.3) is 0 Å². The van der Waals surface area contributed by atoms with Crippen molar-refractivity contribution < 1.29 is 14.7 Å². The minimum Gasteiger partial charge on any atom is -0.508 e. The molecule has 2 aromatic rings. The molecule has 3 N–H and O–H groups in total. The molecule has 0 aliphatic carbocycles. The first-order valence-corrected chi connectivity index (χ1v) is 7.46. The van der Waals surface area contributed by atoms with Crippen molar-refractivity contribution in [3.63, 3.8) is 0 Å². The van der Waals surface area contributed by atoms with Crippen molar-refractivity contribution in [2.24, 2.45) is 0 Å². The Kier molecular flexibility index (Phi) is 5.55. The maximum Gasteiger partial charge on any atom is 0.251 e. The lowest BCUT2D eigenvalue weighted by Gasteiger charge is -2.07. The van der Waals surface area contributed by atoms with E-state index < -0.39 is 0 Å². The molecule has 0 spiro atoms. The van der Waals surface area contributed by atoms with Crippen LogP contribution in [-0.4, -0.2) is 30.0 Å². The van der Waals surface area contributed by atoms with Gasteiger partial charge in [0.05, 0.1) is 0 Å². The second kappa shape index (κ2) is 7.61. The predicted octanol–water partition coefficient (Wildman–Crippen LogP) is 2.31. The van der Waals surface area contributed by atoms with E-state index >= 15 is 0 Å². The Balaban J connectivity index is 1.74. The van der Waals surface area contributed by atoms with Crippen LogP contribution in [0.3, 0.4) is 0 Å². The highest BCUT2D eigenvalue weighted by atomic mass is 79.9. The third-order valence-corrected chi connectivity index (χ3v) is 3.46. The lowest BCUT2D eigenvalue weighted by molar-refractivity contribution is 0.0927.